The summed E-state index contributed by atoms with van der Waals surface area (Å²) in [4.78, 5) is 14.7. The summed E-state index contributed by atoms with van der Waals surface area (Å²) in [5, 5.41) is 15.6. The van der Waals surface area contributed by atoms with E-state index in [2.05, 4.69) is 25.5 Å². The van der Waals surface area contributed by atoms with Gasteiger partial charge in [0, 0.05) is 19.2 Å². The first-order valence-corrected chi connectivity index (χ1v) is 8.32. The molecular formula is C17H24N6O. The fraction of sp³-hybridized carbons (Fsp3) is 0.529. The lowest BCUT2D eigenvalue weighted by atomic mass is 10.1. The molecular weight excluding hydrogens is 304 g/mol. The molecule has 0 bridgehead atoms. The quantitative estimate of drug-likeness (QED) is 0.937. The average molecular weight is 328 g/mol. The van der Waals surface area contributed by atoms with E-state index in [4.69, 9.17) is 0 Å². The Labute approximate surface area is 142 Å². The highest BCUT2D eigenvalue weighted by Crippen LogP contribution is 2.22. The van der Waals surface area contributed by atoms with Crippen molar-refractivity contribution in [2.45, 2.75) is 46.1 Å². The topological polar surface area (TPSA) is 75.9 Å². The summed E-state index contributed by atoms with van der Waals surface area (Å²) >= 11 is 0. The maximum atomic E-state index is 12.5. The van der Waals surface area contributed by atoms with Crippen molar-refractivity contribution >= 4 is 17.5 Å². The molecule has 2 aromatic heterocycles. The molecule has 0 spiro atoms. The number of carbonyl (C=O) groups is 1. The van der Waals surface area contributed by atoms with Crippen LogP contribution in [0.4, 0.5) is 11.6 Å². The van der Waals surface area contributed by atoms with Gasteiger partial charge in [-0.25, -0.2) is 4.68 Å². The molecule has 1 fully saturated rings. The van der Waals surface area contributed by atoms with E-state index in [0.29, 0.717) is 11.5 Å². The second-order valence-electron chi connectivity index (χ2n) is 7.18. The summed E-state index contributed by atoms with van der Waals surface area (Å²) < 4.78 is 1.81. The van der Waals surface area contributed by atoms with E-state index in [0.717, 1.165) is 24.6 Å². The van der Waals surface area contributed by atoms with Crippen LogP contribution in [0.1, 0.15) is 49.8 Å². The number of hydrogen-bond donors (Lipinski definition) is 1. The average Bonchev–Trinajstić information content (AvgIpc) is 3.16. The largest absolute Gasteiger partial charge is 0.355 e. The fourth-order valence-electron chi connectivity index (χ4n) is 2.84. The number of carbonyl (C=O) groups excluding carboxylic acids is 1. The molecule has 1 aliphatic heterocycles. The van der Waals surface area contributed by atoms with E-state index in [1.54, 1.807) is 6.07 Å². The van der Waals surface area contributed by atoms with Gasteiger partial charge >= 0.3 is 0 Å². The smallest absolute Gasteiger partial charge is 0.277 e. The predicted molar refractivity (Wildman–Crippen MR) is 93.4 cm³/mol. The lowest BCUT2D eigenvalue weighted by Crippen LogP contribution is -2.27. The van der Waals surface area contributed by atoms with Crippen LogP contribution in [-0.4, -0.2) is 39.0 Å². The molecule has 3 rings (SSSR count). The third-order valence-corrected chi connectivity index (χ3v) is 4.02. The van der Waals surface area contributed by atoms with Gasteiger partial charge in [-0.3, -0.25) is 4.79 Å². The normalized spacial score (nSPS) is 14.9. The van der Waals surface area contributed by atoms with E-state index >= 15 is 0 Å². The highest BCUT2D eigenvalue weighted by atomic mass is 16.2. The molecule has 7 nitrogen and oxygen atoms in total. The Kier molecular flexibility index (Phi) is 4.26. The third kappa shape index (κ3) is 3.39. The van der Waals surface area contributed by atoms with Gasteiger partial charge in [0.1, 0.15) is 5.82 Å². The van der Waals surface area contributed by atoms with Crippen molar-refractivity contribution < 1.29 is 4.79 Å². The molecule has 2 aromatic rings. The second-order valence-corrected chi connectivity index (χ2v) is 7.18. The van der Waals surface area contributed by atoms with E-state index in [1.807, 2.05) is 44.5 Å². The van der Waals surface area contributed by atoms with E-state index < -0.39 is 0 Å². The maximum absolute atomic E-state index is 12.5. The van der Waals surface area contributed by atoms with Crippen molar-refractivity contribution in [3.8, 4) is 0 Å². The van der Waals surface area contributed by atoms with Gasteiger partial charge in [-0.15, -0.1) is 10.2 Å². The molecule has 3 heterocycles. The summed E-state index contributed by atoms with van der Waals surface area (Å²) in [6, 6.07) is 5.44. The summed E-state index contributed by atoms with van der Waals surface area (Å²) in [6.07, 6.45) is 2.36. The highest BCUT2D eigenvalue weighted by molar-refractivity contribution is 6.02. The standard InChI is InChI=1S/C17H24N6O/c1-12-11-15(23(21-12)17(2,3)4)18-16(24)13-7-8-14(20-19-13)22-9-5-6-10-22/h7-8,11H,5-6,9-10H2,1-4H3,(H,18,24). The molecule has 0 saturated carbocycles. The highest BCUT2D eigenvalue weighted by Gasteiger charge is 2.21. The van der Waals surface area contributed by atoms with Gasteiger partial charge in [-0.2, -0.15) is 5.10 Å². The molecule has 128 valence electrons. The lowest BCUT2D eigenvalue weighted by Gasteiger charge is -2.22. The minimum absolute atomic E-state index is 0.220. The van der Waals surface area contributed by atoms with E-state index in [9.17, 15) is 4.79 Å². The van der Waals surface area contributed by atoms with Crippen LogP contribution in [-0.2, 0) is 5.54 Å². The molecule has 0 radical (unpaired) electrons. The molecule has 7 heteroatoms. The molecule has 1 amide bonds. The minimum atomic E-state index is -0.277. The molecule has 0 atom stereocenters. The maximum Gasteiger partial charge on any atom is 0.277 e. The zero-order valence-corrected chi connectivity index (χ0v) is 14.7. The first-order chi connectivity index (χ1) is 11.3. The van der Waals surface area contributed by atoms with E-state index in [-0.39, 0.29) is 11.4 Å². The van der Waals surface area contributed by atoms with Gasteiger partial charge in [0.25, 0.3) is 5.91 Å². The Hall–Kier alpha value is -2.44. The lowest BCUT2D eigenvalue weighted by molar-refractivity contribution is 0.102. The molecule has 0 unspecified atom stereocenters. The zero-order valence-electron chi connectivity index (χ0n) is 14.7. The Balaban J connectivity index is 1.75. The molecule has 1 N–H and O–H groups in total. The van der Waals surface area contributed by atoms with Gasteiger partial charge in [-0.1, -0.05) is 0 Å². The Morgan fingerprint density at radius 1 is 1.17 bits per heavy atom. The molecule has 1 aliphatic rings. The van der Waals surface area contributed by atoms with Gasteiger partial charge in [0.15, 0.2) is 11.5 Å². The van der Waals surface area contributed by atoms with E-state index in [1.165, 1.54) is 12.8 Å². The number of hydrogen-bond acceptors (Lipinski definition) is 5. The number of nitrogens with one attached hydrogen (secondary N) is 1. The summed E-state index contributed by atoms with van der Waals surface area (Å²) in [7, 11) is 0. The summed E-state index contributed by atoms with van der Waals surface area (Å²) in [5.41, 5.74) is 0.940. The van der Waals surface area contributed by atoms with Crippen molar-refractivity contribution in [3.63, 3.8) is 0 Å². The Morgan fingerprint density at radius 3 is 2.46 bits per heavy atom. The number of nitrogens with zero attached hydrogens (tertiary/aromatic N) is 5. The van der Waals surface area contributed by atoms with Crippen LogP contribution >= 0.6 is 0 Å². The van der Waals surface area contributed by atoms with Crippen LogP contribution < -0.4 is 10.2 Å². The van der Waals surface area contributed by atoms with Gasteiger partial charge < -0.3 is 10.2 Å². The van der Waals surface area contributed by atoms with Crippen LogP contribution in [0.5, 0.6) is 0 Å². The van der Waals surface area contributed by atoms with Crippen LogP contribution in [0.15, 0.2) is 18.2 Å². The number of anilines is 2. The zero-order chi connectivity index (χ0) is 17.3. The monoisotopic (exact) mass is 328 g/mol. The van der Waals surface area contributed by atoms with Crippen LogP contribution in [0.3, 0.4) is 0 Å². The number of amides is 1. The minimum Gasteiger partial charge on any atom is -0.355 e. The number of aromatic nitrogens is 4. The molecule has 0 aliphatic carbocycles. The van der Waals surface area contributed by atoms with Crippen molar-refractivity contribution in [2.75, 3.05) is 23.3 Å². The van der Waals surface area contributed by atoms with Crippen molar-refractivity contribution in [3.05, 3.63) is 29.6 Å². The third-order valence-electron chi connectivity index (χ3n) is 4.02. The second kappa shape index (κ2) is 6.22. The van der Waals surface area contributed by atoms with Crippen LogP contribution in [0.25, 0.3) is 0 Å². The first-order valence-electron chi connectivity index (χ1n) is 8.32. The summed E-state index contributed by atoms with van der Waals surface area (Å²) in [5.74, 6) is 1.22. The predicted octanol–water partition coefficient (Wildman–Crippen LogP) is 2.59. The van der Waals surface area contributed by atoms with Gasteiger partial charge in [-0.05, 0) is 52.7 Å². The summed E-state index contributed by atoms with van der Waals surface area (Å²) in [6.45, 7) is 10.0. The van der Waals surface area contributed by atoms with Crippen molar-refractivity contribution in [1.82, 2.24) is 20.0 Å². The SMILES string of the molecule is Cc1cc(NC(=O)c2ccc(N3CCCC3)nn2)n(C(C)(C)C)n1. The van der Waals surface area contributed by atoms with Gasteiger partial charge in [0.2, 0.25) is 0 Å². The number of aryl methyl sites for hydroxylation is 1. The first kappa shape index (κ1) is 16.4. The molecule has 1 saturated heterocycles. The number of rotatable bonds is 3. The van der Waals surface area contributed by atoms with Gasteiger partial charge in [0.05, 0.1) is 11.2 Å². The van der Waals surface area contributed by atoms with Crippen molar-refractivity contribution in [2.24, 2.45) is 0 Å². The molecule has 24 heavy (non-hydrogen) atoms. The Bertz CT molecular complexity index is 723. The van der Waals surface area contributed by atoms with Crippen molar-refractivity contribution in [1.29, 1.82) is 0 Å². The van der Waals surface area contributed by atoms with Crippen LogP contribution in [0.2, 0.25) is 0 Å². The molecule has 0 aromatic carbocycles. The fourth-order valence-corrected chi connectivity index (χ4v) is 2.84. The Morgan fingerprint density at radius 2 is 1.88 bits per heavy atom. The van der Waals surface area contributed by atoms with Crippen LogP contribution in [0, 0.1) is 6.92 Å².